The molecule has 0 amide bonds. The van der Waals surface area contributed by atoms with Gasteiger partial charge in [-0.05, 0) is 49.4 Å². The first-order chi connectivity index (χ1) is 9.43. The monoisotopic (exact) mass is 299 g/mol. The van der Waals surface area contributed by atoms with Gasteiger partial charge in [-0.1, -0.05) is 19.1 Å². The van der Waals surface area contributed by atoms with Gasteiger partial charge in [0.15, 0.2) is 9.84 Å². The molecule has 0 aromatic heterocycles. The number of sulfone groups is 1. The number of nitrogens with one attached hydrogen (secondary N) is 1. The van der Waals surface area contributed by atoms with Gasteiger partial charge in [-0.25, -0.2) is 12.8 Å². The lowest BCUT2D eigenvalue weighted by atomic mass is 9.91. The van der Waals surface area contributed by atoms with Crippen LogP contribution in [0.4, 0.5) is 4.39 Å². The second-order valence-electron chi connectivity index (χ2n) is 5.60. The number of rotatable bonds is 5. The standard InChI is InChI=1S/C15H22FNO2S/c1-3-7-17-15(13-6-8-20(18,19)10-13)12-4-5-14(16)11(2)9-12/h4-5,9,13,15,17H,3,6-8,10H2,1-2H3. The van der Waals surface area contributed by atoms with Gasteiger partial charge in [-0.2, -0.15) is 0 Å². The van der Waals surface area contributed by atoms with Crippen LogP contribution in [0.1, 0.15) is 36.9 Å². The van der Waals surface area contributed by atoms with Gasteiger partial charge in [0.25, 0.3) is 0 Å². The Morgan fingerprint density at radius 2 is 2.20 bits per heavy atom. The summed E-state index contributed by atoms with van der Waals surface area (Å²) in [6.45, 7) is 4.64. The van der Waals surface area contributed by atoms with Crippen LogP contribution in [0.2, 0.25) is 0 Å². The number of aryl methyl sites for hydroxylation is 1. The van der Waals surface area contributed by atoms with Gasteiger partial charge in [-0.3, -0.25) is 0 Å². The fraction of sp³-hybridized carbons (Fsp3) is 0.600. The summed E-state index contributed by atoms with van der Waals surface area (Å²) in [7, 11) is -2.91. The lowest BCUT2D eigenvalue weighted by Crippen LogP contribution is -2.30. The summed E-state index contributed by atoms with van der Waals surface area (Å²) in [5, 5.41) is 3.43. The maximum atomic E-state index is 13.4. The largest absolute Gasteiger partial charge is 0.310 e. The molecule has 2 atom stereocenters. The maximum Gasteiger partial charge on any atom is 0.150 e. The van der Waals surface area contributed by atoms with E-state index in [1.165, 1.54) is 6.07 Å². The molecule has 20 heavy (non-hydrogen) atoms. The van der Waals surface area contributed by atoms with E-state index in [1.807, 2.05) is 6.07 Å². The van der Waals surface area contributed by atoms with E-state index < -0.39 is 9.84 Å². The summed E-state index contributed by atoms with van der Waals surface area (Å²) in [4.78, 5) is 0. The molecule has 2 rings (SSSR count). The van der Waals surface area contributed by atoms with Gasteiger partial charge >= 0.3 is 0 Å². The SMILES string of the molecule is CCCNC(c1ccc(F)c(C)c1)C1CCS(=O)(=O)C1. The molecule has 1 aliphatic heterocycles. The molecule has 1 aliphatic rings. The van der Waals surface area contributed by atoms with Crippen molar-refractivity contribution in [3.8, 4) is 0 Å². The van der Waals surface area contributed by atoms with Crippen LogP contribution >= 0.6 is 0 Å². The summed E-state index contributed by atoms with van der Waals surface area (Å²) in [5.74, 6) is 0.353. The Morgan fingerprint density at radius 3 is 2.75 bits per heavy atom. The molecule has 1 aromatic rings. The Bertz CT molecular complexity index is 571. The Balaban J connectivity index is 2.25. The zero-order valence-corrected chi connectivity index (χ0v) is 12.8. The molecule has 0 saturated carbocycles. The van der Waals surface area contributed by atoms with Crippen LogP contribution in [0.15, 0.2) is 18.2 Å². The molecule has 1 saturated heterocycles. The third kappa shape index (κ3) is 3.58. The van der Waals surface area contributed by atoms with Crippen molar-refractivity contribution in [1.82, 2.24) is 5.32 Å². The highest BCUT2D eigenvalue weighted by molar-refractivity contribution is 7.91. The van der Waals surface area contributed by atoms with Gasteiger partial charge < -0.3 is 5.32 Å². The summed E-state index contributed by atoms with van der Waals surface area (Å²) < 4.78 is 36.8. The molecule has 112 valence electrons. The second kappa shape index (κ2) is 6.22. The van der Waals surface area contributed by atoms with E-state index in [9.17, 15) is 12.8 Å². The number of halogens is 1. The Labute approximate surface area is 120 Å². The third-order valence-electron chi connectivity index (χ3n) is 3.89. The Morgan fingerprint density at radius 1 is 1.45 bits per heavy atom. The highest BCUT2D eigenvalue weighted by Crippen LogP contribution is 2.32. The van der Waals surface area contributed by atoms with Crippen molar-refractivity contribution in [1.29, 1.82) is 0 Å². The predicted molar refractivity (Wildman–Crippen MR) is 78.9 cm³/mol. The van der Waals surface area contributed by atoms with E-state index in [4.69, 9.17) is 0 Å². The average molecular weight is 299 g/mol. The highest BCUT2D eigenvalue weighted by Gasteiger charge is 2.34. The minimum atomic E-state index is -2.91. The summed E-state index contributed by atoms with van der Waals surface area (Å²) in [6, 6.07) is 5.05. The molecule has 1 N–H and O–H groups in total. The fourth-order valence-electron chi connectivity index (χ4n) is 2.80. The van der Waals surface area contributed by atoms with Crippen LogP contribution in [0, 0.1) is 18.7 Å². The van der Waals surface area contributed by atoms with Gasteiger partial charge in [0.05, 0.1) is 11.5 Å². The molecule has 1 heterocycles. The van der Waals surface area contributed by atoms with E-state index in [0.717, 1.165) is 18.5 Å². The lowest BCUT2D eigenvalue weighted by Gasteiger charge is -2.25. The van der Waals surface area contributed by atoms with E-state index >= 15 is 0 Å². The van der Waals surface area contributed by atoms with Crippen molar-refractivity contribution >= 4 is 9.84 Å². The van der Waals surface area contributed by atoms with Gasteiger partial charge in [0, 0.05) is 6.04 Å². The number of hydrogen-bond donors (Lipinski definition) is 1. The van der Waals surface area contributed by atoms with Crippen LogP contribution in [0.5, 0.6) is 0 Å². The van der Waals surface area contributed by atoms with Crippen LogP contribution in [-0.4, -0.2) is 26.5 Å². The molecule has 2 unspecified atom stereocenters. The summed E-state index contributed by atoms with van der Waals surface area (Å²) in [6.07, 6.45) is 1.66. The van der Waals surface area contributed by atoms with Crippen molar-refractivity contribution in [3.05, 3.63) is 35.1 Å². The van der Waals surface area contributed by atoms with Crippen LogP contribution in [-0.2, 0) is 9.84 Å². The minimum Gasteiger partial charge on any atom is -0.310 e. The van der Waals surface area contributed by atoms with Gasteiger partial charge in [0.2, 0.25) is 0 Å². The number of benzene rings is 1. The van der Waals surface area contributed by atoms with E-state index in [2.05, 4.69) is 12.2 Å². The molecule has 1 aromatic carbocycles. The number of hydrogen-bond acceptors (Lipinski definition) is 3. The average Bonchev–Trinajstić information content (AvgIpc) is 2.74. The van der Waals surface area contributed by atoms with Crippen molar-refractivity contribution in [2.75, 3.05) is 18.1 Å². The van der Waals surface area contributed by atoms with Crippen molar-refractivity contribution < 1.29 is 12.8 Å². The Hall–Kier alpha value is -0.940. The first-order valence-corrected chi connectivity index (χ1v) is 8.95. The summed E-state index contributed by atoms with van der Waals surface area (Å²) >= 11 is 0. The van der Waals surface area contributed by atoms with E-state index in [1.54, 1.807) is 13.0 Å². The van der Waals surface area contributed by atoms with Crippen LogP contribution < -0.4 is 5.32 Å². The predicted octanol–water partition coefficient (Wildman–Crippen LogP) is 2.61. The molecule has 0 aliphatic carbocycles. The van der Waals surface area contributed by atoms with Crippen molar-refractivity contribution in [3.63, 3.8) is 0 Å². The molecule has 0 bridgehead atoms. The quantitative estimate of drug-likeness (QED) is 0.909. The zero-order valence-electron chi connectivity index (χ0n) is 12.0. The molecule has 0 radical (unpaired) electrons. The van der Waals surface area contributed by atoms with E-state index in [0.29, 0.717) is 12.0 Å². The summed E-state index contributed by atoms with van der Waals surface area (Å²) in [5.41, 5.74) is 1.59. The van der Waals surface area contributed by atoms with Crippen molar-refractivity contribution in [2.45, 2.75) is 32.7 Å². The molecule has 5 heteroatoms. The fourth-order valence-corrected chi connectivity index (χ4v) is 4.64. The molecule has 3 nitrogen and oxygen atoms in total. The molecular formula is C15H22FNO2S. The zero-order chi connectivity index (χ0) is 14.8. The normalized spacial score (nSPS) is 22.9. The van der Waals surface area contributed by atoms with Crippen molar-refractivity contribution in [2.24, 2.45) is 5.92 Å². The maximum absolute atomic E-state index is 13.4. The first-order valence-electron chi connectivity index (χ1n) is 7.13. The van der Waals surface area contributed by atoms with Gasteiger partial charge in [0.1, 0.15) is 5.82 Å². The van der Waals surface area contributed by atoms with Crippen LogP contribution in [0.3, 0.4) is 0 Å². The second-order valence-corrected chi connectivity index (χ2v) is 7.83. The third-order valence-corrected chi connectivity index (χ3v) is 5.69. The smallest absolute Gasteiger partial charge is 0.150 e. The van der Waals surface area contributed by atoms with E-state index in [-0.39, 0.29) is 29.3 Å². The molecule has 1 fully saturated rings. The minimum absolute atomic E-state index is 0.00785. The highest BCUT2D eigenvalue weighted by atomic mass is 32.2. The Kier molecular flexibility index (Phi) is 4.81. The van der Waals surface area contributed by atoms with Crippen LogP contribution in [0.25, 0.3) is 0 Å². The van der Waals surface area contributed by atoms with Gasteiger partial charge in [-0.15, -0.1) is 0 Å². The topological polar surface area (TPSA) is 46.2 Å². The molecular weight excluding hydrogens is 277 g/mol. The lowest BCUT2D eigenvalue weighted by molar-refractivity contribution is 0.392. The first kappa shape index (κ1) is 15.4. The molecule has 0 spiro atoms.